The van der Waals surface area contributed by atoms with Crippen LogP contribution in [-0.2, 0) is 10.0 Å². The van der Waals surface area contributed by atoms with Gasteiger partial charge in [-0.25, -0.2) is 13.1 Å². The van der Waals surface area contributed by atoms with Crippen LogP contribution in [0, 0.1) is 5.92 Å². The molecule has 0 aromatic rings. The van der Waals surface area contributed by atoms with Crippen molar-refractivity contribution in [3.63, 3.8) is 0 Å². The molecule has 2 atom stereocenters. The van der Waals surface area contributed by atoms with E-state index >= 15 is 0 Å². The third kappa shape index (κ3) is 8.25. The van der Waals surface area contributed by atoms with E-state index in [1.165, 1.54) is 6.26 Å². The zero-order valence-corrected chi connectivity index (χ0v) is 15.8. The monoisotopic (exact) mass is 418 g/mol. The highest BCUT2D eigenvalue weighted by atomic mass is 127. The first kappa shape index (κ1) is 19.9. The Morgan fingerprint density at radius 2 is 1.95 bits per heavy atom. The molecular formula is C12H27IN4O2S. The summed E-state index contributed by atoms with van der Waals surface area (Å²) < 4.78 is 25.2. The maximum absolute atomic E-state index is 11.3. The van der Waals surface area contributed by atoms with E-state index in [0.29, 0.717) is 12.5 Å². The molecule has 0 aliphatic heterocycles. The Hall–Kier alpha value is -0.0900. The van der Waals surface area contributed by atoms with Gasteiger partial charge in [0.25, 0.3) is 0 Å². The average Bonchev–Trinajstić information content (AvgIpc) is 2.56. The molecule has 2 unspecified atom stereocenters. The summed E-state index contributed by atoms with van der Waals surface area (Å²) in [6.07, 6.45) is 4.08. The molecule has 1 fully saturated rings. The summed E-state index contributed by atoms with van der Waals surface area (Å²) in [5.41, 5.74) is 5.69. The Labute approximate surface area is 139 Å². The highest BCUT2D eigenvalue weighted by Crippen LogP contribution is 2.26. The summed E-state index contributed by atoms with van der Waals surface area (Å²) in [7, 11) is -3.15. The van der Waals surface area contributed by atoms with E-state index in [9.17, 15) is 8.42 Å². The van der Waals surface area contributed by atoms with Crippen molar-refractivity contribution in [1.82, 2.24) is 10.0 Å². The van der Waals surface area contributed by atoms with E-state index in [4.69, 9.17) is 5.73 Å². The predicted octanol–water partition coefficient (Wildman–Crippen LogP) is 1.03. The molecule has 1 rings (SSSR count). The topological polar surface area (TPSA) is 96.6 Å². The fourth-order valence-electron chi connectivity index (χ4n) is 2.32. The van der Waals surface area contributed by atoms with E-state index < -0.39 is 10.0 Å². The second-order valence-electron chi connectivity index (χ2n) is 6.29. The van der Waals surface area contributed by atoms with E-state index in [2.05, 4.69) is 15.0 Å². The third-order valence-electron chi connectivity index (χ3n) is 3.02. The van der Waals surface area contributed by atoms with Crippen LogP contribution >= 0.6 is 24.0 Å². The molecule has 6 nitrogen and oxygen atoms in total. The highest BCUT2D eigenvalue weighted by Gasteiger charge is 2.29. The van der Waals surface area contributed by atoms with Crippen molar-refractivity contribution < 1.29 is 8.42 Å². The number of aliphatic imine (C=N–C) groups is 1. The molecule has 0 heterocycles. The normalized spacial score (nSPS) is 24.3. The predicted molar refractivity (Wildman–Crippen MR) is 93.9 cm³/mol. The van der Waals surface area contributed by atoms with E-state index in [1.54, 1.807) is 0 Å². The van der Waals surface area contributed by atoms with Crippen LogP contribution in [0.4, 0.5) is 0 Å². The van der Waals surface area contributed by atoms with Gasteiger partial charge in [0.2, 0.25) is 10.0 Å². The number of halogens is 1. The minimum atomic E-state index is -3.15. The molecule has 1 aliphatic rings. The number of nitrogens with two attached hydrogens (primary N) is 1. The maximum Gasteiger partial charge on any atom is 0.208 e. The van der Waals surface area contributed by atoms with Gasteiger partial charge in [-0.05, 0) is 39.5 Å². The van der Waals surface area contributed by atoms with Crippen LogP contribution in [0.25, 0.3) is 0 Å². The number of rotatable bonds is 4. The van der Waals surface area contributed by atoms with Gasteiger partial charge >= 0.3 is 0 Å². The molecule has 0 saturated heterocycles. The van der Waals surface area contributed by atoms with E-state index in [1.807, 2.05) is 20.8 Å². The Morgan fingerprint density at radius 3 is 2.45 bits per heavy atom. The molecule has 0 bridgehead atoms. The van der Waals surface area contributed by atoms with Crippen LogP contribution in [0.15, 0.2) is 4.99 Å². The molecule has 0 aromatic carbocycles. The summed E-state index contributed by atoms with van der Waals surface area (Å²) in [4.78, 5) is 4.32. The van der Waals surface area contributed by atoms with Gasteiger partial charge in [0.1, 0.15) is 0 Å². The lowest BCUT2D eigenvalue weighted by atomic mass is 10.1. The first-order valence-electron chi connectivity index (χ1n) is 6.62. The van der Waals surface area contributed by atoms with Crippen molar-refractivity contribution in [2.24, 2.45) is 16.6 Å². The molecule has 0 aromatic heterocycles. The van der Waals surface area contributed by atoms with Gasteiger partial charge in [-0.3, -0.25) is 4.99 Å². The molecule has 1 saturated carbocycles. The minimum Gasteiger partial charge on any atom is -0.370 e. The van der Waals surface area contributed by atoms with Gasteiger partial charge in [0, 0.05) is 18.1 Å². The lowest BCUT2D eigenvalue weighted by Gasteiger charge is -2.22. The first-order chi connectivity index (χ1) is 8.57. The summed E-state index contributed by atoms with van der Waals surface area (Å²) in [5, 5.41) is 3.10. The van der Waals surface area contributed by atoms with Crippen LogP contribution in [0.3, 0.4) is 0 Å². The number of nitrogens with zero attached hydrogens (tertiary/aromatic N) is 1. The zero-order chi connectivity index (χ0) is 14.7. The van der Waals surface area contributed by atoms with Crippen molar-refractivity contribution in [2.45, 2.75) is 51.6 Å². The van der Waals surface area contributed by atoms with Crippen molar-refractivity contribution in [1.29, 1.82) is 0 Å². The number of guanidine groups is 1. The minimum absolute atomic E-state index is 0. The summed E-state index contributed by atoms with van der Waals surface area (Å²) >= 11 is 0. The second-order valence-corrected chi connectivity index (χ2v) is 8.07. The number of hydrogen-bond donors (Lipinski definition) is 3. The molecule has 120 valence electrons. The maximum atomic E-state index is 11.3. The number of sulfonamides is 1. The van der Waals surface area contributed by atoms with Crippen LogP contribution in [0.5, 0.6) is 0 Å². The van der Waals surface area contributed by atoms with Crippen LogP contribution in [-0.4, -0.2) is 38.8 Å². The van der Waals surface area contributed by atoms with Crippen molar-refractivity contribution in [3.05, 3.63) is 0 Å². The van der Waals surface area contributed by atoms with Gasteiger partial charge in [0.05, 0.1) is 6.26 Å². The number of nitrogens with one attached hydrogen (secondary N) is 2. The second kappa shape index (κ2) is 7.79. The van der Waals surface area contributed by atoms with Crippen LogP contribution in [0.2, 0.25) is 0 Å². The largest absolute Gasteiger partial charge is 0.370 e. The quantitative estimate of drug-likeness (QED) is 0.361. The van der Waals surface area contributed by atoms with Gasteiger partial charge in [-0.15, -0.1) is 24.0 Å². The molecule has 20 heavy (non-hydrogen) atoms. The fraction of sp³-hybridized carbons (Fsp3) is 0.917. The zero-order valence-electron chi connectivity index (χ0n) is 12.6. The fourth-order valence-corrected chi connectivity index (χ4v) is 3.19. The van der Waals surface area contributed by atoms with Gasteiger partial charge in [0.15, 0.2) is 5.96 Å². The SMILES string of the molecule is CC(C)(C)NC(N)=NCC1CCCC1NS(C)(=O)=O.I. The lowest BCUT2D eigenvalue weighted by Crippen LogP contribution is -2.45. The Kier molecular flexibility index (Phi) is 7.75. The van der Waals surface area contributed by atoms with Gasteiger partial charge < -0.3 is 11.1 Å². The average molecular weight is 418 g/mol. The molecular weight excluding hydrogens is 391 g/mol. The lowest BCUT2D eigenvalue weighted by molar-refractivity contribution is 0.452. The van der Waals surface area contributed by atoms with E-state index in [0.717, 1.165) is 19.3 Å². The Bertz CT molecular complexity index is 431. The first-order valence-corrected chi connectivity index (χ1v) is 8.51. The van der Waals surface area contributed by atoms with Gasteiger partial charge in [-0.1, -0.05) is 6.42 Å². The molecule has 0 spiro atoms. The molecule has 1 aliphatic carbocycles. The summed E-state index contributed by atoms with van der Waals surface area (Å²) in [6.45, 7) is 6.60. The van der Waals surface area contributed by atoms with Gasteiger partial charge in [-0.2, -0.15) is 0 Å². The highest BCUT2D eigenvalue weighted by molar-refractivity contribution is 14.0. The number of hydrogen-bond acceptors (Lipinski definition) is 3. The van der Waals surface area contributed by atoms with Crippen molar-refractivity contribution in [2.75, 3.05) is 12.8 Å². The molecule has 4 N–H and O–H groups in total. The molecule has 0 amide bonds. The standard InChI is InChI=1S/C12H26N4O2S.HI/c1-12(2,3)15-11(13)14-8-9-6-5-7-10(9)16-19(4,17)18;/h9-10,16H,5-8H2,1-4H3,(H3,13,14,15);1H. The van der Waals surface area contributed by atoms with Crippen molar-refractivity contribution in [3.8, 4) is 0 Å². The smallest absolute Gasteiger partial charge is 0.208 e. The van der Waals surface area contributed by atoms with E-state index in [-0.39, 0.29) is 41.5 Å². The van der Waals surface area contributed by atoms with Crippen molar-refractivity contribution >= 4 is 40.0 Å². The molecule has 0 radical (unpaired) electrons. The summed E-state index contributed by atoms with van der Waals surface area (Å²) in [6, 6.07) is -0.0128. The van der Waals surface area contributed by atoms with Crippen LogP contribution in [0.1, 0.15) is 40.0 Å². The Balaban J connectivity index is 0.00000361. The Morgan fingerprint density at radius 1 is 1.35 bits per heavy atom. The van der Waals surface area contributed by atoms with Crippen LogP contribution < -0.4 is 15.8 Å². The third-order valence-corrected chi connectivity index (χ3v) is 3.75. The molecule has 8 heteroatoms. The summed E-state index contributed by atoms with van der Waals surface area (Å²) in [5.74, 6) is 0.646.